The maximum Gasteiger partial charge on any atom is 0.317 e. The highest BCUT2D eigenvalue weighted by Gasteiger charge is 2.12. The highest BCUT2D eigenvalue weighted by atomic mass is 16.4. The van der Waals surface area contributed by atoms with Crippen molar-refractivity contribution in [3.8, 4) is 0 Å². The molecular weight excluding hydrogens is 304 g/mol. The Labute approximate surface area is 144 Å². The van der Waals surface area contributed by atoms with Crippen LogP contribution in [0.15, 0.2) is 24.3 Å². The average molecular weight is 334 g/mol. The van der Waals surface area contributed by atoms with Gasteiger partial charge in [-0.05, 0) is 38.1 Å². The molecule has 1 heterocycles. The number of para-hydroxylation sites is 2. The number of anilines is 2. The molecule has 0 unspecified atom stereocenters. The van der Waals surface area contributed by atoms with Crippen LogP contribution in [-0.4, -0.2) is 73.2 Å². The van der Waals surface area contributed by atoms with Gasteiger partial charge in [-0.25, -0.2) is 0 Å². The van der Waals surface area contributed by atoms with Crippen molar-refractivity contribution in [2.75, 3.05) is 63.0 Å². The Bertz CT molecular complexity index is 510. The van der Waals surface area contributed by atoms with Gasteiger partial charge in [0.05, 0.1) is 17.9 Å². The predicted octanol–water partition coefficient (Wildman–Crippen LogP) is 2.01. The number of carboxylic acids is 1. The number of benzene rings is 1. The van der Waals surface area contributed by atoms with Gasteiger partial charge in [-0.3, -0.25) is 9.69 Å². The first-order valence-electron chi connectivity index (χ1n) is 8.92. The lowest BCUT2D eigenvalue weighted by molar-refractivity contribution is -0.138. The Morgan fingerprint density at radius 3 is 2.21 bits per heavy atom. The van der Waals surface area contributed by atoms with Crippen LogP contribution in [0.4, 0.5) is 11.4 Å². The van der Waals surface area contributed by atoms with E-state index >= 15 is 0 Å². The van der Waals surface area contributed by atoms with Crippen LogP contribution < -0.4 is 10.6 Å². The number of fused-ring (bicyclic) bond motifs is 1. The fraction of sp³-hybridized carbons (Fsp3) is 0.611. The third kappa shape index (κ3) is 6.37. The van der Waals surface area contributed by atoms with E-state index in [-0.39, 0.29) is 6.54 Å². The largest absolute Gasteiger partial charge is 0.480 e. The van der Waals surface area contributed by atoms with E-state index < -0.39 is 5.97 Å². The van der Waals surface area contributed by atoms with E-state index in [0.717, 1.165) is 70.0 Å². The lowest BCUT2D eigenvalue weighted by Gasteiger charge is -2.24. The van der Waals surface area contributed by atoms with E-state index in [4.69, 9.17) is 5.11 Å². The minimum absolute atomic E-state index is 0.107. The van der Waals surface area contributed by atoms with Gasteiger partial charge in [0.1, 0.15) is 0 Å². The van der Waals surface area contributed by atoms with Gasteiger partial charge in [-0.1, -0.05) is 19.1 Å². The van der Waals surface area contributed by atoms with Gasteiger partial charge in [-0.2, -0.15) is 0 Å². The molecule has 6 heteroatoms. The number of aliphatic carboxylic acids is 1. The Morgan fingerprint density at radius 1 is 1.04 bits per heavy atom. The Balaban J connectivity index is 2.05. The second kappa shape index (κ2) is 10.2. The minimum atomic E-state index is -0.758. The average Bonchev–Trinajstić information content (AvgIpc) is 2.56. The highest BCUT2D eigenvalue weighted by molar-refractivity contribution is 5.69. The second-order valence-corrected chi connectivity index (χ2v) is 6.26. The zero-order chi connectivity index (χ0) is 17.2. The predicted molar refractivity (Wildman–Crippen MR) is 98.8 cm³/mol. The molecule has 134 valence electrons. The lowest BCUT2D eigenvalue weighted by atomic mass is 10.2. The molecule has 1 aliphatic heterocycles. The Kier molecular flexibility index (Phi) is 7.85. The molecule has 0 atom stereocenters. The molecule has 0 bridgehead atoms. The molecule has 3 N–H and O–H groups in total. The molecule has 0 fully saturated rings. The molecule has 0 spiro atoms. The van der Waals surface area contributed by atoms with E-state index in [2.05, 4.69) is 34.6 Å². The summed E-state index contributed by atoms with van der Waals surface area (Å²) in [5.74, 6) is -0.758. The molecule has 0 aliphatic carbocycles. The van der Waals surface area contributed by atoms with E-state index in [0.29, 0.717) is 0 Å². The van der Waals surface area contributed by atoms with Crippen molar-refractivity contribution >= 4 is 17.3 Å². The molecule has 0 aromatic heterocycles. The van der Waals surface area contributed by atoms with Gasteiger partial charge >= 0.3 is 5.97 Å². The zero-order valence-corrected chi connectivity index (χ0v) is 14.6. The van der Waals surface area contributed by atoms with E-state index in [9.17, 15) is 4.79 Å². The summed E-state index contributed by atoms with van der Waals surface area (Å²) in [7, 11) is 0. The molecule has 0 amide bonds. The lowest BCUT2D eigenvalue weighted by Crippen LogP contribution is -2.37. The van der Waals surface area contributed by atoms with Crippen molar-refractivity contribution in [1.29, 1.82) is 0 Å². The van der Waals surface area contributed by atoms with Gasteiger partial charge in [-0.15, -0.1) is 0 Å². The summed E-state index contributed by atoms with van der Waals surface area (Å²) in [6.07, 6.45) is 2.14. The van der Waals surface area contributed by atoms with E-state index in [1.807, 2.05) is 17.0 Å². The fourth-order valence-electron chi connectivity index (χ4n) is 3.12. The first-order chi connectivity index (χ1) is 11.7. The molecule has 0 saturated carbocycles. The number of carbonyl (C=O) groups is 1. The van der Waals surface area contributed by atoms with E-state index in [1.165, 1.54) is 0 Å². The number of carboxylic acid groups (broad SMARTS) is 1. The Morgan fingerprint density at radius 2 is 1.62 bits per heavy atom. The summed E-state index contributed by atoms with van der Waals surface area (Å²) < 4.78 is 0. The van der Waals surface area contributed by atoms with Crippen LogP contribution in [-0.2, 0) is 4.79 Å². The molecule has 1 aromatic rings. The molecule has 6 nitrogen and oxygen atoms in total. The second-order valence-electron chi connectivity index (χ2n) is 6.26. The van der Waals surface area contributed by atoms with Crippen molar-refractivity contribution in [2.45, 2.75) is 19.8 Å². The summed E-state index contributed by atoms with van der Waals surface area (Å²) in [4.78, 5) is 15.6. The van der Waals surface area contributed by atoms with Crippen molar-refractivity contribution in [3.63, 3.8) is 0 Å². The van der Waals surface area contributed by atoms with Gasteiger partial charge in [0.15, 0.2) is 0 Å². The standard InChI is InChI=1S/C18H30N4O2/c1-2-10-21-11-5-12-22(15-18(23)24)14-9-20-17-7-4-3-6-16(17)19-8-13-21/h3-4,6-7,19-20H,2,5,8-15H2,1H3,(H,23,24). The van der Waals surface area contributed by atoms with Crippen LogP contribution in [0, 0.1) is 0 Å². The third-order valence-electron chi connectivity index (χ3n) is 4.26. The molecular formula is C18H30N4O2. The third-order valence-corrected chi connectivity index (χ3v) is 4.26. The SMILES string of the molecule is CCCN1CCCN(CC(=O)O)CCNc2ccccc2NCC1. The first-order valence-corrected chi connectivity index (χ1v) is 8.92. The molecule has 1 aliphatic rings. The van der Waals surface area contributed by atoms with Crippen molar-refractivity contribution in [2.24, 2.45) is 0 Å². The summed E-state index contributed by atoms with van der Waals surface area (Å²) >= 11 is 0. The van der Waals surface area contributed by atoms with Crippen LogP contribution in [0.2, 0.25) is 0 Å². The maximum absolute atomic E-state index is 11.1. The quantitative estimate of drug-likeness (QED) is 0.783. The van der Waals surface area contributed by atoms with Gasteiger partial charge in [0, 0.05) is 32.7 Å². The van der Waals surface area contributed by atoms with Crippen molar-refractivity contribution in [3.05, 3.63) is 24.3 Å². The summed E-state index contributed by atoms with van der Waals surface area (Å²) in [6, 6.07) is 8.20. The monoisotopic (exact) mass is 334 g/mol. The summed E-state index contributed by atoms with van der Waals surface area (Å²) in [6.45, 7) is 8.61. The molecule has 0 radical (unpaired) electrons. The van der Waals surface area contributed by atoms with Crippen molar-refractivity contribution < 1.29 is 9.90 Å². The number of hydrogen-bond donors (Lipinski definition) is 3. The molecule has 1 aromatic carbocycles. The molecule has 0 saturated heterocycles. The van der Waals surface area contributed by atoms with E-state index in [1.54, 1.807) is 0 Å². The summed E-state index contributed by atoms with van der Waals surface area (Å²) in [5, 5.41) is 16.1. The normalized spacial score (nSPS) is 18.2. The molecule has 24 heavy (non-hydrogen) atoms. The van der Waals surface area contributed by atoms with Gasteiger partial charge < -0.3 is 20.6 Å². The zero-order valence-electron chi connectivity index (χ0n) is 14.6. The number of nitrogens with one attached hydrogen (secondary N) is 2. The summed E-state index contributed by atoms with van der Waals surface area (Å²) in [5.41, 5.74) is 2.19. The van der Waals surface area contributed by atoms with Gasteiger partial charge in [0.2, 0.25) is 0 Å². The molecule has 2 rings (SSSR count). The van der Waals surface area contributed by atoms with Crippen LogP contribution in [0.25, 0.3) is 0 Å². The maximum atomic E-state index is 11.1. The smallest absolute Gasteiger partial charge is 0.317 e. The number of rotatable bonds is 4. The highest BCUT2D eigenvalue weighted by Crippen LogP contribution is 2.20. The number of hydrogen-bond acceptors (Lipinski definition) is 5. The van der Waals surface area contributed by atoms with Crippen LogP contribution in [0.5, 0.6) is 0 Å². The fourth-order valence-corrected chi connectivity index (χ4v) is 3.12. The van der Waals surface area contributed by atoms with Crippen LogP contribution in [0.1, 0.15) is 19.8 Å². The number of nitrogens with zero attached hydrogens (tertiary/aromatic N) is 2. The van der Waals surface area contributed by atoms with Gasteiger partial charge in [0.25, 0.3) is 0 Å². The minimum Gasteiger partial charge on any atom is -0.480 e. The van der Waals surface area contributed by atoms with Crippen molar-refractivity contribution in [1.82, 2.24) is 9.80 Å². The van der Waals surface area contributed by atoms with Crippen LogP contribution >= 0.6 is 0 Å². The first kappa shape index (κ1) is 18.5. The Hall–Kier alpha value is -1.79. The van der Waals surface area contributed by atoms with Crippen LogP contribution in [0.3, 0.4) is 0 Å². The topological polar surface area (TPSA) is 67.8 Å².